The summed E-state index contributed by atoms with van der Waals surface area (Å²) in [7, 11) is 0. The second-order valence-electron chi connectivity index (χ2n) is 8.49. The standard InChI is InChI=1S/C19H21FN4O3.ClH/c1-19-5-14(21)12(19)7-23(8-19)17-13(20)4-10-15(25)11(18(26)27)6-24(9-2-3-9)16(10)22-17;/h4,6,9,12,14H,2-3,5,7-8,21H2,1H3,(H,26,27);1H/t12-,14-,19-;/m0./s1. The number of aromatic carboxylic acids is 1. The average Bonchev–Trinajstić information content (AvgIpc) is 3.39. The molecule has 2 aliphatic carbocycles. The van der Waals surface area contributed by atoms with Crippen molar-refractivity contribution in [3.8, 4) is 0 Å². The monoisotopic (exact) mass is 408 g/mol. The number of pyridine rings is 2. The fraction of sp³-hybridized carbons (Fsp3) is 0.526. The average molecular weight is 409 g/mol. The lowest BCUT2D eigenvalue weighted by molar-refractivity contribution is 0.0694. The summed E-state index contributed by atoms with van der Waals surface area (Å²) in [6.07, 6.45) is 4.05. The maximum atomic E-state index is 14.9. The summed E-state index contributed by atoms with van der Waals surface area (Å²) in [5.74, 6) is -1.36. The molecule has 0 aromatic carbocycles. The molecule has 9 heteroatoms. The number of aromatic nitrogens is 2. The summed E-state index contributed by atoms with van der Waals surface area (Å²) in [4.78, 5) is 30.4. The number of nitrogens with two attached hydrogens (primary N) is 1. The lowest BCUT2D eigenvalue weighted by Crippen LogP contribution is -2.53. The molecule has 7 nitrogen and oxygen atoms in total. The van der Waals surface area contributed by atoms with Crippen molar-refractivity contribution in [3.63, 3.8) is 0 Å². The smallest absolute Gasteiger partial charge is 0.341 e. The lowest BCUT2D eigenvalue weighted by Gasteiger charge is -2.46. The van der Waals surface area contributed by atoms with Gasteiger partial charge in [0.1, 0.15) is 11.2 Å². The molecular weight excluding hydrogens is 387 g/mol. The molecule has 3 atom stereocenters. The van der Waals surface area contributed by atoms with Crippen molar-refractivity contribution < 1.29 is 14.3 Å². The van der Waals surface area contributed by atoms with Crippen LogP contribution >= 0.6 is 12.4 Å². The molecule has 5 rings (SSSR count). The molecule has 3 aliphatic rings. The van der Waals surface area contributed by atoms with Crippen LogP contribution in [0, 0.1) is 17.2 Å². The number of carboxylic acid groups (broad SMARTS) is 1. The van der Waals surface area contributed by atoms with Crippen molar-refractivity contribution in [2.75, 3.05) is 18.0 Å². The SMILES string of the molecule is C[C@@]12C[C@H](N)[C@@H]1CN(c1nc3c(cc1F)c(=O)c(C(=O)O)cn3C1CC1)C2.Cl. The first-order valence-electron chi connectivity index (χ1n) is 9.28. The van der Waals surface area contributed by atoms with Gasteiger partial charge in [0.05, 0.1) is 5.39 Å². The third kappa shape index (κ3) is 2.62. The zero-order chi connectivity index (χ0) is 19.1. The zero-order valence-corrected chi connectivity index (χ0v) is 16.2. The highest BCUT2D eigenvalue weighted by Gasteiger charge is 2.55. The molecule has 3 fully saturated rings. The lowest BCUT2D eigenvalue weighted by atomic mass is 9.60. The van der Waals surface area contributed by atoms with Gasteiger partial charge in [-0.15, -0.1) is 12.4 Å². The first kappa shape index (κ1) is 19.1. The van der Waals surface area contributed by atoms with E-state index in [1.165, 1.54) is 6.20 Å². The Labute approximate surface area is 166 Å². The molecule has 3 heterocycles. The van der Waals surface area contributed by atoms with Gasteiger partial charge < -0.3 is 20.3 Å². The number of hydrogen-bond donors (Lipinski definition) is 2. The van der Waals surface area contributed by atoms with Gasteiger partial charge in [0.15, 0.2) is 11.6 Å². The van der Waals surface area contributed by atoms with Gasteiger partial charge in [-0.1, -0.05) is 6.92 Å². The zero-order valence-electron chi connectivity index (χ0n) is 15.4. The summed E-state index contributed by atoms with van der Waals surface area (Å²) < 4.78 is 16.6. The minimum Gasteiger partial charge on any atom is -0.477 e. The van der Waals surface area contributed by atoms with Gasteiger partial charge in [-0.05, 0) is 36.7 Å². The van der Waals surface area contributed by atoms with Crippen molar-refractivity contribution in [2.45, 2.75) is 38.3 Å². The highest BCUT2D eigenvalue weighted by molar-refractivity contribution is 5.92. The van der Waals surface area contributed by atoms with Crippen LogP contribution in [0.4, 0.5) is 10.2 Å². The van der Waals surface area contributed by atoms with E-state index in [0.717, 1.165) is 25.3 Å². The number of carboxylic acids is 1. The number of rotatable bonds is 3. The second kappa shape index (κ2) is 6.15. The van der Waals surface area contributed by atoms with E-state index in [1.54, 1.807) is 4.57 Å². The molecule has 0 radical (unpaired) electrons. The van der Waals surface area contributed by atoms with Crippen LogP contribution in [0.3, 0.4) is 0 Å². The van der Waals surface area contributed by atoms with E-state index in [9.17, 15) is 19.1 Å². The largest absolute Gasteiger partial charge is 0.477 e. The Balaban J connectivity index is 0.00000192. The van der Waals surface area contributed by atoms with E-state index >= 15 is 0 Å². The minimum absolute atomic E-state index is 0. The number of nitrogens with zero attached hydrogens (tertiary/aromatic N) is 3. The van der Waals surface area contributed by atoms with E-state index in [4.69, 9.17) is 5.73 Å². The predicted molar refractivity (Wildman–Crippen MR) is 105 cm³/mol. The van der Waals surface area contributed by atoms with Crippen molar-refractivity contribution in [2.24, 2.45) is 17.1 Å². The molecule has 1 saturated heterocycles. The molecule has 2 saturated carbocycles. The van der Waals surface area contributed by atoms with Gasteiger partial charge in [0.25, 0.3) is 0 Å². The molecule has 0 spiro atoms. The molecule has 3 N–H and O–H groups in total. The molecule has 0 amide bonds. The quantitative estimate of drug-likeness (QED) is 0.807. The Hall–Kier alpha value is -2.19. The third-order valence-electron chi connectivity index (χ3n) is 6.49. The molecule has 150 valence electrons. The molecule has 1 aliphatic heterocycles. The highest BCUT2D eigenvalue weighted by atomic mass is 35.5. The maximum Gasteiger partial charge on any atom is 0.341 e. The van der Waals surface area contributed by atoms with E-state index in [2.05, 4.69) is 11.9 Å². The van der Waals surface area contributed by atoms with Gasteiger partial charge >= 0.3 is 5.97 Å². The Kier molecular flexibility index (Phi) is 4.21. The normalized spacial score (nSPS) is 28.6. The van der Waals surface area contributed by atoms with Crippen molar-refractivity contribution in [1.29, 1.82) is 0 Å². The van der Waals surface area contributed by atoms with Crippen LogP contribution in [0.5, 0.6) is 0 Å². The van der Waals surface area contributed by atoms with Crippen LogP contribution in [-0.4, -0.2) is 39.8 Å². The third-order valence-corrected chi connectivity index (χ3v) is 6.49. The van der Waals surface area contributed by atoms with E-state index < -0.39 is 17.2 Å². The van der Waals surface area contributed by atoms with Crippen LogP contribution in [0.1, 0.15) is 42.6 Å². The summed E-state index contributed by atoms with van der Waals surface area (Å²) >= 11 is 0. The number of halogens is 2. The molecule has 0 unspecified atom stereocenters. The Morgan fingerprint density at radius 1 is 1.43 bits per heavy atom. The Bertz CT molecular complexity index is 1050. The van der Waals surface area contributed by atoms with Crippen LogP contribution in [0.2, 0.25) is 0 Å². The maximum absolute atomic E-state index is 14.9. The number of carbonyl (C=O) groups is 1. The van der Waals surface area contributed by atoms with E-state index in [-0.39, 0.29) is 46.7 Å². The molecule has 28 heavy (non-hydrogen) atoms. The number of anilines is 1. The van der Waals surface area contributed by atoms with Crippen LogP contribution in [0.25, 0.3) is 11.0 Å². The first-order chi connectivity index (χ1) is 12.8. The van der Waals surface area contributed by atoms with Gasteiger partial charge in [0.2, 0.25) is 5.43 Å². The summed E-state index contributed by atoms with van der Waals surface area (Å²) in [5, 5.41) is 9.34. The molecule has 0 bridgehead atoms. The van der Waals surface area contributed by atoms with Gasteiger partial charge in [-0.2, -0.15) is 0 Å². The molecule has 2 aromatic rings. The van der Waals surface area contributed by atoms with Gasteiger partial charge in [-0.3, -0.25) is 4.79 Å². The van der Waals surface area contributed by atoms with Gasteiger partial charge in [-0.25, -0.2) is 14.2 Å². The van der Waals surface area contributed by atoms with Crippen LogP contribution in [0.15, 0.2) is 17.1 Å². The minimum atomic E-state index is -1.31. The van der Waals surface area contributed by atoms with Gasteiger partial charge in [0, 0.05) is 31.4 Å². The summed E-state index contributed by atoms with van der Waals surface area (Å²) in [6.45, 7) is 3.49. The van der Waals surface area contributed by atoms with Crippen molar-refractivity contribution in [1.82, 2.24) is 9.55 Å². The number of hydrogen-bond acceptors (Lipinski definition) is 5. The Morgan fingerprint density at radius 2 is 2.14 bits per heavy atom. The fourth-order valence-corrected chi connectivity index (χ4v) is 4.87. The van der Waals surface area contributed by atoms with E-state index in [1.807, 2.05) is 4.90 Å². The topological polar surface area (TPSA) is 101 Å². The first-order valence-corrected chi connectivity index (χ1v) is 9.28. The van der Waals surface area contributed by atoms with Crippen LogP contribution in [-0.2, 0) is 0 Å². The Morgan fingerprint density at radius 3 is 2.71 bits per heavy atom. The van der Waals surface area contributed by atoms with E-state index in [0.29, 0.717) is 24.7 Å². The van der Waals surface area contributed by atoms with Crippen molar-refractivity contribution in [3.05, 3.63) is 33.9 Å². The fourth-order valence-electron chi connectivity index (χ4n) is 4.87. The molecule has 2 aromatic heterocycles. The number of fused-ring (bicyclic) bond motifs is 2. The summed E-state index contributed by atoms with van der Waals surface area (Å²) in [5.41, 5.74) is 5.51. The predicted octanol–water partition coefficient (Wildman–Crippen LogP) is 2.16. The van der Waals surface area contributed by atoms with Crippen molar-refractivity contribution >= 4 is 35.2 Å². The van der Waals surface area contributed by atoms with Crippen LogP contribution < -0.4 is 16.1 Å². The highest BCUT2D eigenvalue weighted by Crippen LogP contribution is 2.51. The summed E-state index contributed by atoms with van der Waals surface area (Å²) in [6, 6.07) is 1.39. The second-order valence-corrected chi connectivity index (χ2v) is 8.49. The molecular formula is C19H22ClFN4O3.